The summed E-state index contributed by atoms with van der Waals surface area (Å²) in [6, 6.07) is 0. The summed E-state index contributed by atoms with van der Waals surface area (Å²) >= 11 is 0. The molecule has 0 aromatic carbocycles. The van der Waals surface area contributed by atoms with E-state index in [1.54, 1.807) is 0 Å². The van der Waals surface area contributed by atoms with Gasteiger partial charge in [0.1, 0.15) is 0 Å². The second-order valence-corrected chi connectivity index (χ2v) is 5.64. The number of amides is 1. The molecule has 16 heavy (non-hydrogen) atoms. The van der Waals surface area contributed by atoms with E-state index >= 15 is 0 Å². The van der Waals surface area contributed by atoms with E-state index < -0.39 is 0 Å². The predicted octanol–water partition coefficient (Wildman–Crippen LogP) is 1.42. The molecule has 3 fully saturated rings. The fraction of sp³-hybridized carbons (Fsp3) is 0.917. The predicted molar refractivity (Wildman–Crippen MR) is 65.7 cm³/mol. The van der Waals surface area contributed by atoms with Crippen LogP contribution in [0.1, 0.15) is 32.1 Å². The maximum absolute atomic E-state index is 11.9. The molecule has 1 amide bonds. The maximum atomic E-state index is 11.9. The minimum atomic E-state index is 0. The number of carbonyl (C=O) groups is 1. The van der Waals surface area contributed by atoms with Crippen molar-refractivity contribution in [3.8, 4) is 0 Å². The molecule has 2 heterocycles. The van der Waals surface area contributed by atoms with E-state index in [-0.39, 0.29) is 12.4 Å². The van der Waals surface area contributed by atoms with Gasteiger partial charge < -0.3 is 10.2 Å². The van der Waals surface area contributed by atoms with Crippen LogP contribution in [-0.2, 0) is 4.79 Å². The van der Waals surface area contributed by atoms with Gasteiger partial charge in [-0.3, -0.25) is 4.79 Å². The Morgan fingerprint density at radius 3 is 2.81 bits per heavy atom. The highest BCUT2D eigenvalue weighted by Crippen LogP contribution is 2.38. The minimum absolute atomic E-state index is 0. The number of halogens is 1. The first-order valence-corrected chi connectivity index (χ1v) is 6.26. The van der Waals surface area contributed by atoms with Gasteiger partial charge in [-0.1, -0.05) is 0 Å². The van der Waals surface area contributed by atoms with Gasteiger partial charge >= 0.3 is 0 Å². The van der Waals surface area contributed by atoms with Gasteiger partial charge in [-0.05, 0) is 38.1 Å². The van der Waals surface area contributed by atoms with Crippen LogP contribution in [0.25, 0.3) is 0 Å². The summed E-state index contributed by atoms with van der Waals surface area (Å²) in [5.74, 6) is 1.15. The summed E-state index contributed by atoms with van der Waals surface area (Å²) in [6.07, 6.45) is 5.87. The molecule has 3 nitrogen and oxygen atoms in total. The normalized spacial score (nSPS) is 33.1. The van der Waals surface area contributed by atoms with Gasteiger partial charge in [-0.15, -0.1) is 12.4 Å². The number of nitrogens with zero attached hydrogens (tertiary/aromatic N) is 1. The first-order valence-electron chi connectivity index (χ1n) is 6.26. The molecule has 92 valence electrons. The van der Waals surface area contributed by atoms with Crippen LogP contribution >= 0.6 is 12.4 Å². The minimum Gasteiger partial charge on any atom is -0.342 e. The second-order valence-electron chi connectivity index (χ2n) is 5.64. The number of hydrogen-bond donors (Lipinski definition) is 1. The number of rotatable bonds is 2. The summed E-state index contributed by atoms with van der Waals surface area (Å²) in [5.41, 5.74) is 0.444. The van der Waals surface area contributed by atoms with Crippen molar-refractivity contribution < 1.29 is 4.79 Å². The Kier molecular flexibility index (Phi) is 3.45. The van der Waals surface area contributed by atoms with Crippen molar-refractivity contribution in [1.29, 1.82) is 0 Å². The van der Waals surface area contributed by atoms with Crippen molar-refractivity contribution in [2.24, 2.45) is 11.3 Å². The summed E-state index contributed by atoms with van der Waals surface area (Å²) in [4.78, 5) is 14.1. The Morgan fingerprint density at radius 1 is 1.38 bits per heavy atom. The SMILES string of the molecule is Cl.O=C(CC1CC1)N1CCC2(CCNC2)C1. The zero-order valence-electron chi connectivity index (χ0n) is 9.71. The van der Waals surface area contributed by atoms with Gasteiger partial charge in [0.05, 0.1) is 0 Å². The number of hydrogen-bond acceptors (Lipinski definition) is 2. The van der Waals surface area contributed by atoms with E-state index in [0.717, 1.165) is 38.5 Å². The third-order valence-electron chi connectivity index (χ3n) is 4.28. The molecule has 0 bridgehead atoms. The molecule has 1 unspecified atom stereocenters. The van der Waals surface area contributed by atoms with Crippen molar-refractivity contribution in [1.82, 2.24) is 10.2 Å². The zero-order valence-corrected chi connectivity index (χ0v) is 10.5. The number of likely N-dealkylation sites (tertiary alicyclic amines) is 1. The van der Waals surface area contributed by atoms with Gasteiger partial charge in [0, 0.05) is 31.5 Å². The molecule has 0 aromatic rings. The fourth-order valence-electron chi connectivity index (χ4n) is 2.99. The van der Waals surface area contributed by atoms with Crippen LogP contribution in [0, 0.1) is 11.3 Å². The van der Waals surface area contributed by atoms with Crippen molar-refractivity contribution in [3.05, 3.63) is 0 Å². The highest BCUT2D eigenvalue weighted by Gasteiger charge is 2.42. The molecule has 0 radical (unpaired) electrons. The lowest BCUT2D eigenvalue weighted by atomic mass is 9.86. The van der Waals surface area contributed by atoms with E-state index in [1.807, 2.05) is 0 Å². The standard InChI is InChI=1S/C12H20N2O.ClH/c15-11(7-10-1-2-10)14-6-4-12(9-14)3-5-13-8-12;/h10,13H,1-9H2;1H. The van der Waals surface area contributed by atoms with Gasteiger partial charge in [-0.25, -0.2) is 0 Å². The molecule has 3 rings (SSSR count). The quantitative estimate of drug-likeness (QED) is 0.797. The molecule has 2 aliphatic heterocycles. The summed E-state index contributed by atoms with van der Waals surface area (Å²) < 4.78 is 0. The topological polar surface area (TPSA) is 32.3 Å². The first kappa shape index (κ1) is 12.2. The number of nitrogens with one attached hydrogen (secondary N) is 1. The van der Waals surface area contributed by atoms with Crippen LogP contribution in [0.5, 0.6) is 0 Å². The third-order valence-corrected chi connectivity index (χ3v) is 4.28. The molecule has 4 heteroatoms. The van der Waals surface area contributed by atoms with Crippen LogP contribution < -0.4 is 5.32 Å². The van der Waals surface area contributed by atoms with E-state index in [0.29, 0.717) is 11.3 Å². The average molecular weight is 245 g/mol. The fourth-order valence-corrected chi connectivity index (χ4v) is 2.99. The maximum Gasteiger partial charge on any atom is 0.222 e. The second kappa shape index (κ2) is 4.53. The summed E-state index contributed by atoms with van der Waals surface area (Å²) in [7, 11) is 0. The van der Waals surface area contributed by atoms with Crippen molar-refractivity contribution in [2.75, 3.05) is 26.2 Å². The van der Waals surface area contributed by atoms with E-state index in [1.165, 1.54) is 25.7 Å². The lowest BCUT2D eigenvalue weighted by Crippen LogP contribution is -2.33. The third kappa shape index (κ3) is 2.35. The first-order chi connectivity index (χ1) is 7.27. The molecule has 1 spiro atoms. The summed E-state index contributed by atoms with van der Waals surface area (Å²) in [5, 5.41) is 3.43. The lowest BCUT2D eigenvalue weighted by Gasteiger charge is -2.22. The van der Waals surface area contributed by atoms with Crippen LogP contribution in [0.3, 0.4) is 0 Å². The molecule has 1 N–H and O–H groups in total. The highest BCUT2D eigenvalue weighted by atomic mass is 35.5. The smallest absolute Gasteiger partial charge is 0.222 e. The van der Waals surface area contributed by atoms with Crippen LogP contribution in [0.4, 0.5) is 0 Å². The Morgan fingerprint density at radius 2 is 2.19 bits per heavy atom. The molecular weight excluding hydrogens is 224 g/mol. The monoisotopic (exact) mass is 244 g/mol. The Hall–Kier alpha value is -0.280. The summed E-state index contributed by atoms with van der Waals surface area (Å²) in [6.45, 7) is 4.30. The van der Waals surface area contributed by atoms with Gasteiger partial charge in [0.25, 0.3) is 0 Å². The van der Waals surface area contributed by atoms with Crippen molar-refractivity contribution >= 4 is 18.3 Å². The van der Waals surface area contributed by atoms with Gasteiger partial charge in [-0.2, -0.15) is 0 Å². The molecule has 1 atom stereocenters. The zero-order chi connectivity index (χ0) is 10.3. The van der Waals surface area contributed by atoms with Crippen molar-refractivity contribution in [3.63, 3.8) is 0 Å². The van der Waals surface area contributed by atoms with E-state index in [4.69, 9.17) is 0 Å². The van der Waals surface area contributed by atoms with Crippen molar-refractivity contribution in [2.45, 2.75) is 32.1 Å². The largest absolute Gasteiger partial charge is 0.342 e. The van der Waals surface area contributed by atoms with E-state index in [2.05, 4.69) is 10.2 Å². The lowest BCUT2D eigenvalue weighted by molar-refractivity contribution is -0.130. The molecule has 1 saturated carbocycles. The Bertz CT molecular complexity index is 272. The Labute approximate surface area is 103 Å². The molecular formula is C12H21ClN2O. The van der Waals surface area contributed by atoms with Gasteiger partial charge in [0.15, 0.2) is 0 Å². The van der Waals surface area contributed by atoms with Gasteiger partial charge in [0.2, 0.25) is 5.91 Å². The molecule has 2 saturated heterocycles. The Balaban J connectivity index is 0.000000963. The highest BCUT2D eigenvalue weighted by molar-refractivity contribution is 5.85. The molecule has 0 aromatic heterocycles. The van der Waals surface area contributed by atoms with Crippen LogP contribution in [-0.4, -0.2) is 37.0 Å². The molecule has 1 aliphatic carbocycles. The number of carbonyl (C=O) groups excluding carboxylic acids is 1. The van der Waals surface area contributed by atoms with Crippen LogP contribution in [0.2, 0.25) is 0 Å². The van der Waals surface area contributed by atoms with Crippen LogP contribution in [0.15, 0.2) is 0 Å². The van der Waals surface area contributed by atoms with E-state index in [9.17, 15) is 4.79 Å². The molecule has 3 aliphatic rings. The average Bonchev–Trinajstić information content (AvgIpc) is 2.81.